The lowest BCUT2D eigenvalue weighted by atomic mass is 10.2. The maximum atomic E-state index is 12.9. The van der Waals surface area contributed by atoms with E-state index in [4.69, 9.17) is 20.6 Å². The molecule has 0 saturated heterocycles. The van der Waals surface area contributed by atoms with Crippen LogP contribution in [0.5, 0.6) is 0 Å². The van der Waals surface area contributed by atoms with Gasteiger partial charge in [0.05, 0.1) is 0 Å². The van der Waals surface area contributed by atoms with Crippen molar-refractivity contribution < 1.29 is 18.3 Å². The van der Waals surface area contributed by atoms with Crippen molar-refractivity contribution in [1.82, 2.24) is 24.7 Å². The topological polar surface area (TPSA) is 165 Å². The maximum absolute atomic E-state index is 12.9. The summed E-state index contributed by atoms with van der Waals surface area (Å²) in [5.74, 6) is -2.32. The van der Waals surface area contributed by atoms with Crippen LogP contribution in [-0.2, 0) is 22.7 Å². The molecular weight excluding hydrogens is 349 g/mol. The fraction of sp³-hybridized carbons (Fsp3) is 0.143. The fourth-order valence-electron chi connectivity index (χ4n) is 1.95. The molecule has 0 amide bonds. The zero-order valence-electron chi connectivity index (χ0n) is 13.1. The Morgan fingerprint density at radius 2 is 1.81 bits per heavy atom. The minimum Gasteiger partial charge on any atom is -0.456 e. The molecule has 0 fully saturated rings. The molecule has 3 aromatic rings. The number of carbonyl (C=O) groups is 1. The van der Waals surface area contributed by atoms with Gasteiger partial charge in [-0.15, -0.1) is 5.10 Å². The molecule has 12 heteroatoms. The first kappa shape index (κ1) is 17.0. The zero-order chi connectivity index (χ0) is 18.7. The second-order valence-corrected chi connectivity index (χ2v) is 4.97. The number of nitrogens with two attached hydrogens (primary N) is 2. The molecule has 0 atom stereocenters. The molecule has 134 valence electrons. The van der Waals surface area contributed by atoms with Gasteiger partial charge in [-0.2, -0.15) is 19.6 Å². The molecule has 26 heavy (non-hydrogen) atoms. The van der Waals surface area contributed by atoms with Crippen LogP contribution in [0.4, 0.5) is 16.3 Å². The Labute approximate surface area is 144 Å². The van der Waals surface area contributed by atoms with E-state index in [9.17, 15) is 14.0 Å². The van der Waals surface area contributed by atoms with Gasteiger partial charge in [0, 0.05) is 5.56 Å². The van der Waals surface area contributed by atoms with Gasteiger partial charge in [-0.05, 0) is 24.3 Å². The maximum Gasteiger partial charge on any atom is 0.437 e. The average Bonchev–Trinajstić information content (AvgIpc) is 2.93. The number of carbonyl (C=O) groups excluding carboxylic acids is 1. The first-order chi connectivity index (χ1) is 12.4. The van der Waals surface area contributed by atoms with E-state index in [-0.39, 0.29) is 30.2 Å². The first-order valence-electron chi connectivity index (χ1n) is 7.16. The quantitative estimate of drug-likeness (QED) is 0.578. The van der Waals surface area contributed by atoms with E-state index < -0.39 is 24.1 Å². The smallest absolute Gasteiger partial charge is 0.437 e. The van der Waals surface area contributed by atoms with Crippen LogP contribution in [-0.4, -0.2) is 30.7 Å². The number of esters is 1. The van der Waals surface area contributed by atoms with Crippen LogP contribution in [0.2, 0.25) is 0 Å². The van der Waals surface area contributed by atoms with Crippen LogP contribution in [0.25, 0.3) is 11.5 Å². The van der Waals surface area contributed by atoms with Crippen molar-refractivity contribution in [2.24, 2.45) is 0 Å². The molecule has 0 spiro atoms. The monoisotopic (exact) mass is 361 g/mol. The van der Waals surface area contributed by atoms with Gasteiger partial charge in [0.15, 0.2) is 12.4 Å². The van der Waals surface area contributed by atoms with Crippen molar-refractivity contribution in [2.75, 3.05) is 11.5 Å². The van der Waals surface area contributed by atoms with Crippen molar-refractivity contribution in [3.8, 4) is 11.5 Å². The molecule has 11 nitrogen and oxygen atoms in total. The van der Waals surface area contributed by atoms with Gasteiger partial charge in [0.1, 0.15) is 12.4 Å². The summed E-state index contributed by atoms with van der Waals surface area (Å²) in [4.78, 5) is 34.7. The molecule has 0 unspecified atom stereocenters. The molecule has 3 rings (SSSR count). The first-order valence-corrected chi connectivity index (χ1v) is 7.16. The minimum atomic E-state index is -0.866. The van der Waals surface area contributed by atoms with Gasteiger partial charge in [-0.3, -0.25) is 4.79 Å². The van der Waals surface area contributed by atoms with Gasteiger partial charge in [0.25, 0.3) is 0 Å². The summed E-state index contributed by atoms with van der Waals surface area (Å²) < 4.78 is 23.6. The Morgan fingerprint density at radius 3 is 2.46 bits per heavy atom. The van der Waals surface area contributed by atoms with Crippen LogP contribution in [0.3, 0.4) is 0 Å². The minimum absolute atomic E-state index is 0.0548. The third kappa shape index (κ3) is 3.98. The normalized spacial score (nSPS) is 10.7. The number of rotatable bonds is 5. The highest BCUT2D eigenvalue weighted by atomic mass is 19.1. The Hall–Kier alpha value is -3.83. The fourth-order valence-corrected chi connectivity index (χ4v) is 1.95. The van der Waals surface area contributed by atoms with Crippen LogP contribution in [0.15, 0.2) is 33.5 Å². The SMILES string of the molecule is Nc1nc(N)nc(COC(=O)Cn2nc(-c3ccc(F)cc3)oc2=O)n1. The van der Waals surface area contributed by atoms with Gasteiger partial charge in [0.2, 0.25) is 17.8 Å². The Bertz CT molecular complexity index is 979. The summed E-state index contributed by atoms with van der Waals surface area (Å²) in [6.07, 6.45) is 0. The molecular formula is C14H12FN7O4. The van der Waals surface area contributed by atoms with Crippen molar-refractivity contribution in [3.63, 3.8) is 0 Å². The Morgan fingerprint density at radius 1 is 1.15 bits per heavy atom. The van der Waals surface area contributed by atoms with Crippen molar-refractivity contribution >= 4 is 17.9 Å². The predicted octanol–water partition coefficient (Wildman–Crippen LogP) is -0.265. The van der Waals surface area contributed by atoms with Gasteiger partial charge in [-0.1, -0.05) is 0 Å². The molecule has 0 aliphatic rings. The number of aromatic nitrogens is 5. The lowest BCUT2D eigenvalue weighted by molar-refractivity contribution is -0.146. The van der Waals surface area contributed by atoms with Crippen LogP contribution >= 0.6 is 0 Å². The zero-order valence-corrected chi connectivity index (χ0v) is 13.1. The number of nitrogen functional groups attached to an aromatic ring is 2. The number of anilines is 2. The summed E-state index contributed by atoms with van der Waals surface area (Å²) in [7, 11) is 0. The standard InChI is InChI=1S/C14H12FN7O4/c15-8-3-1-7(2-4-8)11-21-22(14(24)26-11)5-10(23)25-6-9-18-12(16)20-13(17)19-9/h1-4H,5-6H2,(H4,16,17,18,19,20). The Kier molecular flexibility index (Phi) is 4.55. The lowest BCUT2D eigenvalue weighted by Crippen LogP contribution is -2.23. The van der Waals surface area contributed by atoms with E-state index in [0.717, 1.165) is 4.68 Å². The predicted molar refractivity (Wildman–Crippen MR) is 84.6 cm³/mol. The van der Waals surface area contributed by atoms with Gasteiger partial charge in [-0.25, -0.2) is 9.18 Å². The summed E-state index contributed by atoms with van der Waals surface area (Å²) in [6.45, 7) is -0.813. The van der Waals surface area contributed by atoms with E-state index in [1.54, 1.807) is 0 Å². The average molecular weight is 361 g/mol. The molecule has 2 heterocycles. The van der Waals surface area contributed by atoms with Gasteiger partial charge < -0.3 is 20.6 Å². The summed E-state index contributed by atoms with van der Waals surface area (Å²) in [5.41, 5.74) is 11.2. The van der Waals surface area contributed by atoms with Crippen LogP contribution < -0.4 is 17.2 Å². The van der Waals surface area contributed by atoms with E-state index in [2.05, 4.69) is 20.1 Å². The molecule has 0 saturated carbocycles. The molecule has 0 bridgehead atoms. The van der Waals surface area contributed by atoms with Crippen molar-refractivity contribution in [2.45, 2.75) is 13.2 Å². The summed E-state index contributed by atoms with van der Waals surface area (Å²) in [5, 5.41) is 3.87. The number of halogens is 1. The highest BCUT2D eigenvalue weighted by Crippen LogP contribution is 2.15. The molecule has 4 N–H and O–H groups in total. The molecule has 0 radical (unpaired) electrons. The second kappa shape index (κ2) is 6.96. The highest BCUT2D eigenvalue weighted by Gasteiger charge is 2.15. The van der Waals surface area contributed by atoms with Crippen molar-refractivity contribution in [1.29, 1.82) is 0 Å². The van der Waals surface area contributed by atoms with Crippen LogP contribution in [0, 0.1) is 5.82 Å². The van der Waals surface area contributed by atoms with Crippen molar-refractivity contribution in [3.05, 3.63) is 46.5 Å². The lowest BCUT2D eigenvalue weighted by Gasteiger charge is -2.04. The van der Waals surface area contributed by atoms with E-state index in [0.29, 0.717) is 5.56 Å². The molecule has 1 aromatic carbocycles. The van der Waals surface area contributed by atoms with Gasteiger partial charge >= 0.3 is 11.7 Å². The number of ether oxygens (including phenoxy) is 1. The molecule has 0 aliphatic heterocycles. The summed E-state index contributed by atoms with van der Waals surface area (Å²) >= 11 is 0. The second-order valence-electron chi connectivity index (χ2n) is 4.97. The van der Waals surface area contributed by atoms with E-state index in [1.165, 1.54) is 24.3 Å². The Balaban J connectivity index is 1.66. The number of hydrogen-bond acceptors (Lipinski definition) is 10. The van der Waals surface area contributed by atoms with E-state index >= 15 is 0 Å². The largest absolute Gasteiger partial charge is 0.456 e. The highest BCUT2D eigenvalue weighted by molar-refractivity contribution is 5.69. The molecule has 2 aromatic heterocycles. The summed E-state index contributed by atoms with van der Waals surface area (Å²) in [6, 6.07) is 5.15. The third-order valence-corrected chi connectivity index (χ3v) is 3.05. The van der Waals surface area contributed by atoms with E-state index in [1.807, 2.05) is 0 Å². The number of nitrogens with zero attached hydrogens (tertiary/aromatic N) is 5. The number of benzene rings is 1. The molecule has 0 aliphatic carbocycles. The third-order valence-electron chi connectivity index (χ3n) is 3.05. The van der Waals surface area contributed by atoms with Crippen LogP contribution in [0.1, 0.15) is 5.82 Å². The number of hydrogen-bond donors (Lipinski definition) is 2.